The van der Waals surface area contributed by atoms with Crippen molar-refractivity contribution in [2.45, 2.75) is 40.0 Å². The second-order valence-corrected chi connectivity index (χ2v) is 8.08. The third-order valence-electron chi connectivity index (χ3n) is 4.20. The van der Waals surface area contributed by atoms with E-state index in [1.165, 1.54) is 11.3 Å². The van der Waals surface area contributed by atoms with Crippen LogP contribution in [0, 0.1) is 20.8 Å². The van der Waals surface area contributed by atoms with Gasteiger partial charge in [0.05, 0.1) is 16.6 Å². The predicted molar refractivity (Wildman–Crippen MR) is 102 cm³/mol. The first-order valence-corrected chi connectivity index (χ1v) is 9.80. The second kappa shape index (κ2) is 7.45. The van der Waals surface area contributed by atoms with Crippen LogP contribution in [-0.2, 0) is 17.6 Å². The molecule has 0 radical (unpaired) electrons. The Balaban J connectivity index is 1.55. The Morgan fingerprint density at radius 1 is 1.28 bits per heavy atom. The third-order valence-corrected chi connectivity index (χ3v) is 6.29. The SMILES string of the molecule is Cc1ncsc1CCC(=O)NCCc1nc2sc(C)c(C)c2c(=O)[nH]1. The van der Waals surface area contributed by atoms with E-state index in [0.29, 0.717) is 37.0 Å². The fourth-order valence-electron chi connectivity index (χ4n) is 2.62. The molecule has 0 aromatic carbocycles. The lowest BCUT2D eigenvalue weighted by atomic mass is 10.2. The number of thiophene rings is 1. The quantitative estimate of drug-likeness (QED) is 0.692. The van der Waals surface area contributed by atoms with Gasteiger partial charge in [0, 0.05) is 29.1 Å². The molecule has 3 aromatic rings. The number of thiazole rings is 1. The summed E-state index contributed by atoms with van der Waals surface area (Å²) in [5.41, 5.74) is 3.68. The highest BCUT2D eigenvalue weighted by atomic mass is 32.1. The number of nitrogens with one attached hydrogen (secondary N) is 2. The molecule has 0 aliphatic carbocycles. The molecule has 3 aromatic heterocycles. The molecule has 132 valence electrons. The zero-order valence-electron chi connectivity index (χ0n) is 14.4. The molecule has 0 saturated heterocycles. The van der Waals surface area contributed by atoms with Crippen LogP contribution < -0.4 is 10.9 Å². The minimum Gasteiger partial charge on any atom is -0.356 e. The molecule has 0 atom stereocenters. The molecule has 0 aliphatic heterocycles. The van der Waals surface area contributed by atoms with Crippen molar-refractivity contribution in [1.29, 1.82) is 0 Å². The molecule has 0 unspecified atom stereocenters. The number of hydrogen-bond acceptors (Lipinski definition) is 6. The van der Waals surface area contributed by atoms with Crippen molar-refractivity contribution in [3.8, 4) is 0 Å². The molecule has 25 heavy (non-hydrogen) atoms. The standard InChI is InChI=1S/C17H20N4O2S2/c1-9-11(3)25-17-15(9)16(23)20-13(21-17)6-7-18-14(22)5-4-12-10(2)19-8-24-12/h8H,4-7H2,1-3H3,(H,18,22)(H,20,21,23). The van der Waals surface area contributed by atoms with E-state index in [0.717, 1.165) is 25.8 Å². The third kappa shape index (κ3) is 3.96. The van der Waals surface area contributed by atoms with Gasteiger partial charge < -0.3 is 10.3 Å². The van der Waals surface area contributed by atoms with Gasteiger partial charge in [-0.15, -0.1) is 22.7 Å². The van der Waals surface area contributed by atoms with E-state index in [4.69, 9.17) is 0 Å². The number of amides is 1. The first-order chi connectivity index (χ1) is 12.0. The van der Waals surface area contributed by atoms with Crippen LogP contribution in [0.4, 0.5) is 0 Å². The van der Waals surface area contributed by atoms with Gasteiger partial charge >= 0.3 is 0 Å². The van der Waals surface area contributed by atoms with E-state index in [2.05, 4.69) is 20.3 Å². The second-order valence-electron chi connectivity index (χ2n) is 5.94. The lowest BCUT2D eigenvalue weighted by molar-refractivity contribution is -0.121. The van der Waals surface area contributed by atoms with Crippen LogP contribution in [0.2, 0.25) is 0 Å². The van der Waals surface area contributed by atoms with Crippen molar-refractivity contribution in [1.82, 2.24) is 20.3 Å². The van der Waals surface area contributed by atoms with Crippen molar-refractivity contribution in [3.63, 3.8) is 0 Å². The Hall–Kier alpha value is -2.06. The fraction of sp³-hybridized carbons (Fsp3) is 0.412. The van der Waals surface area contributed by atoms with E-state index in [-0.39, 0.29) is 11.5 Å². The maximum Gasteiger partial charge on any atom is 0.259 e. The molecular weight excluding hydrogens is 356 g/mol. The van der Waals surface area contributed by atoms with E-state index in [1.807, 2.05) is 20.8 Å². The zero-order chi connectivity index (χ0) is 18.0. The van der Waals surface area contributed by atoms with Crippen LogP contribution in [0.5, 0.6) is 0 Å². The maximum atomic E-state index is 12.2. The molecule has 2 N–H and O–H groups in total. The zero-order valence-corrected chi connectivity index (χ0v) is 16.1. The number of rotatable bonds is 6. The highest BCUT2D eigenvalue weighted by Crippen LogP contribution is 2.25. The van der Waals surface area contributed by atoms with Crippen LogP contribution in [-0.4, -0.2) is 27.4 Å². The predicted octanol–water partition coefficient (Wildman–Crippen LogP) is 2.66. The molecule has 0 fully saturated rings. The number of carbonyl (C=O) groups is 1. The van der Waals surface area contributed by atoms with Gasteiger partial charge in [0.1, 0.15) is 10.7 Å². The Bertz CT molecular complexity index is 971. The Morgan fingerprint density at radius 2 is 2.08 bits per heavy atom. The van der Waals surface area contributed by atoms with Crippen LogP contribution in [0.1, 0.15) is 33.3 Å². The van der Waals surface area contributed by atoms with E-state index < -0.39 is 0 Å². The summed E-state index contributed by atoms with van der Waals surface area (Å²) in [7, 11) is 0. The summed E-state index contributed by atoms with van der Waals surface area (Å²) < 4.78 is 0. The number of H-pyrrole nitrogens is 1. The number of aromatic amines is 1. The summed E-state index contributed by atoms with van der Waals surface area (Å²) in [4.78, 5) is 38.7. The van der Waals surface area contributed by atoms with Crippen molar-refractivity contribution in [3.05, 3.63) is 42.7 Å². The van der Waals surface area contributed by atoms with Gasteiger partial charge in [0.15, 0.2) is 0 Å². The highest BCUT2D eigenvalue weighted by Gasteiger charge is 2.12. The van der Waals surface area contributed by atoms with Crippen LogP contribution >= 0.6 is 22.7 Å². The minimum absolute atomic E-state index is 0.000891. The normalized spacial score (nSPS) is 11.2. The maximum absolute atomic E-state index is 12.2. The summed E-state index contributed by atoms with van der Waals surface area (Å²) >= 11 is 3.11. The average molecular weight is 377 g/mol. The van der Waals surface area contributed by atoms with Gasteiger partial charge in [0.25, 0.3) is 5.56 Å². The van der Waals surface area contributed by atoms with Crippen LogP contribution in [0.25, 0.3) is 10.2 Å². The molecule has 0 spiro atoms. The molecule has 1 amide bonds. The van der Waals surface area contributed by atoms with Crippen LogP contribution in [0.15, 0.2) is 10.3 Å². The van der Waals surface area contributed by atoms with Gasteiger partial charge in [0.2, 0.25) is 5.91 Å². The number of nitrogens with zero attached hydrogens (tertiary/aromatic N) is 2. The smallest absolute Gasteiger partial charge is 0.259 e. The van der Waals surface area contributed by atoms with Gasteiger partial charge in [-0.2, -0.15) is 0 Å². The number of carbonyl (C=O) groups excluding carboxylic acids is 1. The monoisotopic (exact) mass is 376 g/mol. The Morgan fingerprint density at radius 3 is 2.80 bits per heavy atom. The average Bonchev–Trinajstić information content (AvgIpc) is 3.09. The minimum atomic E-state index is -0.103. The molecular formula is C17H20N4O2S2. The van der Waals surface area contributed by atoms with Gasteiger partial charge in [-0.3, -0.25) is 9.59 Å². The van der Waals surface area contributed by atoms with E-state index in [1.54, 1.807) is 16.8 Å². The molecule has 3 heterocycles. The Labute approximate surface area is 153 Å². The lowest BCUT2D eigenvalue weighted by Gasteiger charge is -2.05. The number of hydrogen-bond donors (Lipinski definition) is 2. The molecule has 8 heteroatoms. The largest absolute Gasteiger partial charge is 0.356 e. The first kappa shape index (κ1) is 17.8. The molecule has 0 aliphatic rings. The summed E-state index contributed by atoms with van der Waals surface area (Å²) in [5.74, 6) is 0.608. The lowest BCUT2D eigenvalue weighted by Crippen LogP contribution is -2.27. The molecule has 0 bridgehead atoms. The number of aryl methyl sites for hydroxylation is 4. The summed E-state index contributed by atoms with van der Waals surface area (Å²) in [5, 5.41) is 3.56. The number of fused-ring (bicyclic) bond motifs is 1. The van der Waals surface area contributed by atoms with Gasteiger partial charge in [-0.05, 0) is 32.8 Å². The van der Waals surface area contributed by atoms with E-state index >= 15 is 0 Å². The molecule has 6 nitrogen and oxygen atoms in total. The van der Waals surface area contributed by atoms with Crippen molar-refractivity contribution < 1.29 is 4.79 Å². The Kier molecular flexibility index (Phi) is 5.29. The summed E-state index contributed by atoms with van der Waals surface area (Å²) in [6.45, 7) is 6.34. The van der Waals surface area contributed by atoms with Crippen molar-refractivity contribution in [2.24, 2.45) is 0 Å². The fourth-order valence-corrected chi connectivity index (χ4v) is 4.45. The van der Waals surface area contributed by atoms with Crippen LogP contribution in [0.3, 0.4) is 0 Å². The summed E-state index contributed by atoms with van der Waals surface area (Å²) in [6, 6.07) is 0. The van der Waals surface area contributed by atoms with E-state index in [9.17, 15) is 9.59 Å². The molecule has 3 rings (SSSR count). The number of aromatic nitrogens is 3. The topological polar surface area (TPSA) is 87.7 Å². The van der Waals surface area contributed by atoms with Gasteiger partial charge in [-0.25, -0.2) is 9.97 Å². The summed E-state index contributed by atoms with van der Waals surface area (Å²) in [6.07, 6.45) is 1.65. The van der Waals surface area contributed by atoms with Gasteiger partial charge in [-0.1, -0.05) is 0 Å². The van der Waals surface area contributed by atoms with Crippen molar-refractivity contribution >= 4 is 38.8 Å². The highest BCUT2D eigenvalue weighted by molar-refractivity contribution is 7.18. The first-order valence-electron chi connectivity index (χ1n) is 8.10. The molecule has 0 saturated carbocycles. The van der Waals surface area contributed by atoms with Crippen molar-refractivity contribution in [2.75, 3.05) is 6.54 Å².